The fraction of sp³-hybridized carbons (Fsp3) is 0.714. The Bertz CT molecular complexity index is 201. The van der Waals surface area contributed by atoms with E-state index < -0.39 is 12.1 Å². The monoisotopic (exact) mass is 189 g/mol. The number of aliphatic hydroxyl groups is 1. The van der Waals surface area contributed by atoms with Crippen LogP contribution in [-0.4, -0.2) is 39.1 Å². The van der Waals surface area contributed by atoms with Crippen molar-refractivity contribution >= 4 is 22.9 Å². The van der Waals surface area contributed by atoms with Crippen LogP contribution in [0, 0.1) is 0 Å². The van der Waals surface area contributed by atoms with Gasteiger partial charge in [0.05, 0.1) is 17.9 Å². The molecule has 5 heteroatoms. The first kappa shape index (κ1) is 9.54. The summed E-state index contributed by atoms with van der Waals surface area (Å²) in [4.78, 5) is 23.3. The van der Waals surface area contributed by atoms with E-state index in [2.05, 4.69) is 0 Å². The summed E-state index contributed by atoms with van der Waals surface area (Å²) in [5, 5.41) is 8.91. The number of amides is 2. The normalized spacial score (nSPS) is 23.1. The molecule has 68 valence electrons. The zero-order chi connectivity index (χ0) is 9.30. The third-order valence-electron chi connectivity index (χ3n) is 1.89. The smallest absolute Gasteiger partial charge is 0.289 e. The van der Waals surface area contributed by atoms with E-state index in [-0.39, 0.29) is 16.9 Å². The number of aliphatic hydroxyl groups excluding tert-OH is 1. The van der Waals surface area contributed by atoms with Gasteiger partial charge in [-0.25, -0.2) is 0 Å². The molecular weight excluding hydrogens is 178 g/mol. The Hall–Kier alpha value is -0.550. The van der Waals surface area contributed by atoms with Crippen LogP contribution in [0.25, 0.3) is 0 Å². The van der Waals surface area contributed by atoms with Crippen LogP contribution in [0.4, 0.5) is 4.79 Å². The molecule has 1 fully saturated rings. The largest absolute Gasteiger partial charge is 0.391 e. The molecule has 0 bridgehead atoms. The lowest BCUT2D eigenvalue weighted by atomic mass is 10.2. The van der Waals surface area contributed by atoms with Crippen molar-refractivity contribution in [3.8, 4) is 0 Å². The average Bonchev–Trinajstić information content (AvgIpc) is 2.30. The topological polar surface area (TPSA) is 57.6 Å². The Morgan fingerprint density at radius 2 is 2.08 bits per heavy atom. The minimum absolute atomic E-state index is 0.204. The molecule has 0 aromatic rings. The molecule has 0 saturated carbocycles. The van der Waals surface area contributed by atoms with Crippen molar-refractivity contribution in [2.24, 2.45) is 0 Å². The van der Waals surface area contributed by atoms with Gasteiger partial charge in [0.15, 0.2) is 0 Å². The highest BCUT2D eigenvalue weighted by Crippen LogP contribution is 2.22. The summed E-state index contributed by atoms with van der Waals surface area (Å²) in [6, 6.07) is -0.417. The number of thioether (sulfide) groups is 1. The average molecular weight is 189 g/mol. The Morgan fingerprint density at radius 3 is 2.42 bits per heavy atom. The summed E-state index contributed by atoms with van der Waals surface area (Å²) in [5.41, 5.74) is 0. The molecule has 1 heterocycles. The van der Waals surface area contributed by atoms with Crippen LogP contribution in [0.15, 0.2) is 0 Å². The molecule has 0 aliphatic carbocycles. The standard InChI is InChI=1S/C7H11NO3S/c1-4(5(2)9)8-6(10)3-12-7(8)11/h4-5,9H,3H2,1-2H3. The number of nitrogens with zero attached hydrogens (tertiary/aromatic N) is 1. The predicted molar refractivity (Wildman–Crippen MR) is 45.8 cm³/mol. The van der Waals surface area contributed by atoms with Gasteiger partial charge in [0.2, 0.25) is 5.91 Å². The predicted octanol–water partition coefficient (Wildman–Crippen LogP) is 0.451. The maximum Gasteiger partial charge on any atom is 0.289 e. The Balaban J connectivity index is 2.72. The minimum atomic E-state index is -0.670. The van der Waals surface area contributed by atoms with Crippen molar-refractivity contribution in [3.63, 3.8) is 0 Å². The second-order valence-electron chi connectivity index (χ2n) is 2.80. The van der Waals surface area contributed by atoms with Crippen LogP contribution in [0.3, 0.4) is 0 Å². The molecule has 1 N–H and O–H groups in total. The van der Waals surface area contributed by atoms with Crippen molar-refractivity contribution in [3.05, 3.63) is 0 Å². The molecule has 12 heavy (non-hydrogen) atoms. The summed E-state index contributed by atoms with van der Waals surface area (Å²) in [5.74, 6) is -0.00556. The highest BCUT2D eigenvalue weighted by Gasteiger charge is 2.35. The van der Waals surface area contributed by atoms with Crippen molar-refractivity contribution in [2.45, 2.75) is 26.0 Å². The SMILES string of the molecule is CC(O)C(C)N1C(=O)CSC1=O. The van der Waals surface area contributed by atoms with Crippen LogP contribution in [-0.2, 0) is 4.79 Å². The zero-order valence-electron chi connectivity index (χ0n) is 6.98. The van der Waals surface area contributed by atoms with Gasteiger partial charge in [-0.15, -0.1) is 0 Å². The van der Waals surface area contributed by atoms with Crippen LogP contribution in [0.2, 0.25) is 0 Å². The summed E-state index contributed by atoms with van der Waals surface area (Å²) >= 11 is 0.986. The molecule has 2 amide bonds. The van der Waals surface area contributed by atoms with E-state index >= 15 is 0 Å². The Kier molecular flexibility index (Phi) is 2.74. The van der Waals surface area contributed by atoms with E-state index in [1.807, 2.05) is 0 Å². The van der Waals surface area contributed by atoms with Crippen LogP contribution in [0.5, 0.6) is 0 Å². The van der Waals surface area contributed by atoms with E-state index in [4.69, 9.17) is 5.11 Å². The summed E-state index contributed by atoms with van der Waals surface area (Å²) in [6.07, 6.45) is -0.670. The zero-order valence-corrected chi connectivity index (χ0v) is 7.80. The molecule has 2 unspecified atom stereocenters. The molecule has 1 aliphatic heterocycles. The first-order valence-electron chi connectivity index (χ1n) is 3.71. The van der Waals surface area contributed by atoms with Gasteiger partial charge in [0.1, 0.15) is 0 Å². The fourth-order valence-electron chi connectivity index (χ4n) is 0.974. The maximum atomic E-state index is 11.1. The highest BCUT2D eigenvalue weighted by atomic mass is 32.2. The van der Waals surface area contributed by atoms with E-state index in [9.17, 15) is 9.59 Å². The van der Waals surface area contributed by atoms with Crippen molar-refractivity contribution in [2.75, 3.05) is 5.75 Å². The second kappa shape index (κ2) is 3.45. The van der Waals surface area contributed by atoms with Crippen LogP contribution in [0.1, 0.15) is 13.8 Å². The van der Waals surface area contributed by atoms with Crippen LogP contribution >= 0.6 is 11.8 Å². The first-order valence-corrected chi connectivity index (χ1v) is 4.69. The first-order chi connectivity index (χ1) is 5.54. The van der Waals surface area contributed by atoms with Crippen LogP contribution < -0.4 is 0 Å². The number of hydrogen-bond donors (Lipinski definition) is 1. The van der Waals surface area contributed by atoms with Crippen molar-refractivity contribution in [1.29, 1.82) is 0 Å². The molecule has 0 aromatic heterocycles. The third-order valence-corrected chi connectivity index (χ3v) is 2.72. The fourth-order valence-corrected chi connectivity index (χ4v) is 1.77. The van der Waals surface area contributed by atoms with E-state index in [1.165, 1.54) is 0 Å². The lowest BCUT2D eigenvalue weighted by Crippen LogP contribution is -2.43. The van der Waals surface area contributed by atoms with Gasteiger partial charge in [-0.3, -0.25) is 14.5 Å². The van der Waals surface area contributed by atoms with Gasteiger partial charge in [0, 0.05) is 0 Å². The quantitative estimate of drug-likeness (QED) is 0.685. The lowest BCUT2D eigenvalue weighted by molar-refractivity contribution is -0.127. The van der Waals surface area contributed by atoms with Gasteiger partial charge in [-0.05, 0) is 13.8 Å². The summed E-state index contributed by atoms with van der Waals surface area (Å²) in [6.45, 7) is 3.22. The Labute approximate surface area is 74.9 Å². The second-order valence-corrected chi connectivity index (χ2v) is 3.73. The minimum Gasteiger partial charge on any atom is -0.391 e. The molecule has 1 aliphatic rings. The van der Waals surface area contributed by atoms with Crippen molar-refractivity contribution < 1.29 is 14.7 Å². The number of carbonyl (C=O) groups is 2. The molecule has 2 atom stereocenters. The van der Waals surface area contributed by atoms with Gasteiger partial charge in [0.25, 0.3) is 5.24 Å². The molecule has 1 rings (SSSR count). The number of hydrogen-bond acceptors (Lipinski definition) is 4. The van der Waals surface area contributed by atoms with Gasteiger partial charge < -0.3 is 5.11 Å². The van der Waals surface area contributed by atoms with E-state index in [0.717, 1.165) is 16.7 Å². The summed E-state index contributed by atoms with van der Waals surface area (Å²) < 4.78 is 0. The number of imide groups is 1. The maximum absolute atomic E-state index is 11.1. The van der Waals surface area contributed by atoms with Crippen molar-refractivity contribution in [1.82, 2.24) is 4.90 Å². The van der Waals surface area contributed by atoms with E-state index in [0.29, 0.717) is 0 Å². The molecular formula is C7H11NO3S. The third kappa shape index (κ3) is 1.61. The number of rotatable bonds is 2. The molecule has 1 saturated heterocycles. The molecule has 0 radical (unpaired) electrons. The van der Waals surface area contributed by atoms with Gasteiger partial charge in [-0.1, -0.05) is 11.8 Å². The van der Waals surface area contributed by atoms with Gasteiger partial charge in [-0.2, -0.15) is 0 Å². The molecule has 0 aromatic carbocycles. The number of carbonyl (C=O) groups excluding carboxylic acids is 2. The highest BCUT2D eigenvalue weighted by molar-refractivity contribution is 8.14. The Morgan fingerprint density at radius 1 is 1.50 bits per heavy atom. The molecule has 0 spiro atoms. The molecule has 4 nitrogen and oxygen atoms in total. The summed E-state index contributed by atoms with van der Waals surface area (Å²) in [7, 11) is 0. The van der Waals surface area contributed by atoms with Gasteiger partial charge >= 0.3 is 0 Å². The van der Waals surface area contributed by atoms with E-state index in [1.54, 1.807) is 13.8 Å². The lowest BCUT2D eigenvalue weighted by Gasteiger charge is -2.23.